The van der Waals surface area contributed by atoms with Crippen molar-refractivity contribution in [1.82, 2.24) is 9.97 Å². The van der Waals surface area contributed by atoms with E-state index in [2.05, 4.69) is 15.3 Å². The van der Waals surface area contributed by atoms with Crippen molar-refractivity contribution in [3.05, 3.63) is 47.1 Å². The van der Waals surface area contributed by atoms with E-state index in [4.69, 9.17) is 17.3 Å². The van der Waals surface area contributed by atoms with E-state index in [1.807, 2.05) is 0 Å². The molecule has 0 spiro atoms. The molecule has 0 atom stereocenters. The van der Waals surface area contributed by atoms with Crippen LogP contribution in [0.25, 0.3) is 0 Å². The monoisotopic (exact) mass is 252 g/mol. The lowest BCUT2D eigenvalue weighted by Crippen LogP contribution is -2.05. The van der Waals surface area contributed by atoms with E-state index >= 15 is 0 Å². The first-order chi connectivity index (χ1) is 8.16. The van der Waals surface area contributed by atoms with Gasteiger partial charge in [-0.1, -0.05) is 17.7 Å². The Morgan fingerprint density at radius 3 is 2.94 bits per heavy atom. The molecule has 0 fully saturated rings. The number of nitrogen functional groups attached to an aromatic ring is 1. The molecule has 0 saturated carbocycles. The van der Waals surface area contributed by atoms with Crippen LogP contribution in [0.4, 0.5) is 15.9 Å². The van der Waals surface area contributed by atoms with Crippen LogP contribution in [0.5, 0.6) is 0 Å². The summed E-state index contributed by atoms with van der Waals surface area (Å²) < 4.78 is 12.9. The quantitative estimate of drug-likeness (QED) is 0.881. The number of hydrogen-bond donors (Lipinski definition) is 2. The highest BCUT2D eigenvalue weighted by Crippen LogP contribution is 2.18. The van der Waals surface area contributed by atoms with Gasteiger partial charge >= 0.3 is 0 Å². The number of nitrogens with zero attached hydrogens (tertiary/aromatic N) is 2. The predicted molar refractivity (Wildman–Crippen MR) is 65.2 cm³/mol. The second kappa shape index (κ2) is 4.97. The molecule has 0 bridgehead atoms. The van der Waals surface area contributed by atoms with Gasteiger partial charge in [-0.25, -0.2) is 14.4 Å². The molecule has 1 aromatic carbocycles. The second-order valence-corrected chi connectivity index (χ2v) is 3.84. The molecule has 3 N–H and O–H groups in total. The number of nitrogens with two attached hydrogens (primary N) is 1. The molecule has 0 saturated heterocycles. The maximum atomic E-state index is 12.9. The van der Waals surface area contributed by atoms with Crippen molar-refractivity contribution in [1.29, 1.82) is 0 Å². The van der Waals surface area contributed by atoms with Gasteiger partial charge in [0, 0.05) is 6.54 Å². The maximum Gasteiger partial charge on any atom is 0.152 e. The molecule has 1 aromatic heterocycles. The number of nitrogens with one attached hydrogen (secondary N) is 1. The van der Waals surface area contributed by atoms with Crippen molar-refractivity contribution < 1.29 is 4.39 Å². The van der Waals surface area contributed by atoms with E-state index in [1.54, 1.807) is 12.1 Å². The first kappa shape index (κ1) is 11.6. The van der Waals surface area contributed by atoms with Crippen LogP contribution in [0.3, 0.4) is 0 Å². The molecule has 2 rings (SSSR count). The average Bonchev–Trinajstić information content (AvgIpc) is 2.32. The average molecular weight is 253 g/mol. The van der Waals surface area contributed by atoms with Crippen LogP contribution in [0.1, 0.15) is 5.56 Å². The Morgan fingerprint density at radius 2 is 2.24 bits per heavy atom. The summed E-state index contributed by atoms with van der Waals surface area (Å²) in [6.45, 7) is 0.460. The number of rotatable bonds is 3. The molecule has 17 heavy (non-hydrogen) atoms. The Kier molecular flexibility index (Phi) is 3.39. The van der Waals surface area contributed by atoms with Gasteiger partial charge in [-0.05, 0) is 17.7 Å². The molecular weight excluding hydrogens is 243 g/mol. The summed E-state index contributed by atoms with van der Waals surface area (Å²) in [4.78, 5) is 7.76. The van der Waals surface area contributed by atoms with Crippen LogP contribution in [-0.4, -0.2) is 9.97 Å². The second-order valence-electron chi connectivity index (χ2n) is 3.43. The van der Waals surface area contributed by atoms with Crippen LogP contribution in [0.2, 0.25) is 5.02 Å². The molecule has 0 amide bonds. The van der Waals surface area contributed by atoms with E-state index in [1.165, 1.54) is 18.6 Å². The van der Waals surface area contributed by atoms with Crippen LogP contribution in [0.15, 0.2) is 30.7 Å². The fourth-order valence-electron chi connectivity index (χ4n) is 1.32. The highest BCUT2D eigenvalue weighted by atomic mass is 35.5. The summed E-state index contributed by atoms with van der Waals surface area (Å²) in [5.41, 5.74) is 6.97. The fourth-order valence-corrected chi connectivity index (χ4v) is 1.53. The lowest BCUT2D eigenvalue weighted by molar-refractivity contribution is 0.627. The third-order valence-electron chi connectivity index (χ3n) is 2.18. The van der Waals surface area contributed by atoms with E-state index in [9.17, 15) is 4.39 Å². The minimum absolute atomic E-state index is 0.0972. The molecule has 0 aliphatic carbocycles. The van der Waals surface area contributed by atoms with Crippen molar-refractivity contribution in [3.8, 4) is 0 Å². The van der Waals surface area contributed by atoms with Crippen LogP contribution in [-0.2, 0) is 6.54 Å². The van der Waals surface area contributed by atoms with E-state index in [0.717, 1.165) is 5.56 Å². The zero-order valence-electron chi connectivity index (χ0n) is 8.82. The summed E-state index contributed by atoms with van der Waals surface area (Å²) in [7, 11) is 0. The Morgan fingerprint density at radius 1 is 1.41 bits per heavy atom. The molecule has 0 radical (unpaired) electrons. The van der Waals surface area contributed by atoms with Gasteiger partial charge in [0.1, 0.15) is 12.1 Å². The number of aromatic nitrogens is 2. The third kappa shape index (κ3) is 2.82. The highest BCUT2D eigenvalue weighted by molar-refractivity contribution is 6.30. The van der Waals surface area contributed by atoms with Gasteiger partial charge in [-0.3, -0.25) is 0 Å². The standard InChI is InChI=1S/C11H10ClFN4/c12-8-3-7(1-2-9(8)13)4-16-11-10(14)5-15-6-17-11/h1-3,5-6H,4,14H2,(H,15,16,17). The summed E-state index contributed by atoms with van der Waals surface area (Å²) >= 11 is 5.67. The Labute approximate surface area is 103 Å². The van der Waals surface area contributed by atoms with Crippen molar-refractivity contribution in [2.75, 3.05) is 11.1 Å². The number of halogens is 2. The largest absolute Gasteiger partial charge is 0.394 e. The summed E-state index contributed by atoms with van der Waals surface area (Å²) in [6, 6.07) is 4.52. The first-order valence-electron chi connectivity index (χ1n) is 4.90. The van der Waals surface area contributed by atoms with Gasteiger partial charge in [0.05, 0.1) is 16.9 Å². The normalized spacial score (nSPS) is 10.2. The maximum absolute atomic E-state index is 12.9. The molecular formula is C11H10ClFN4. The Bertz CT molecular complexity index is 533. The SMILES string of the molecule is Nc1cncnc1NCc1ccc(F)c(Cl)c1. The van der Waals surface area contributed by atoms with Gasteiger partial charge in [0.2, 0.25) is 0 Å². The molecule has 88 valence electrons. The Balaban J connectivity index is 2.08. The van der Waals surface area contributed by atoms with E-state index in [-0.39, 0.29) is 5.02 Å². The minimum Gasteiger partial charge on any atom is -0.394 e. The smallest absolute Gasteiger partial charge is 0.152 e. The molecule has 0 unspecified atom stereocenters. The Hall–Kier alpha value is -1.88. The summed E-state index contributed by atoms with van der Waals surface area (Å²) in [6.07, 6.45) is 2.91. The lowest BCUT2D eigenvalue weighted by atomic mass is 10.2. The van der Waals surface area contributed by atoms with Gasteiger partial charge in [-0.2, -0.15) is 0 Å². The topological polar surface area (TPSA) is 63.8 Å². The number of hydrogen-bond acceptors (Lipinski definition) is 4. The molecule has 0 aliphatic heterocycles. The summed E-state index contributed by atoms with van der Waals surface area (Å²) in [5, 5.41) is 3.12. The number of benzene rings is 1. The molecule has 1 heterocycles. The first-order valence-corrected chi connectivity index (χ1v) is 5.28. The van der Waals surface area contributed by atoms with Crippen LogP contribution < -0.4 is 11.1 Å². The zero-order chi connectivity index (χ0) is 12.3. The predicted octanol–water partition coefficient (Wildman–Crippen LogP) is 2.46. The molecule has 0 aliphatic rings. The lowest BCUT2D eigenvalue weighted by Gasteiger charge is -2.07. The fraction of sp³-hybridized carbons (Fsp3) is 0.0909. The van der Waals surface area contributed by atoms with Gasteiger partial charge in [-0.15, -0.1) is 0 Å². The molecule has 2 aromatic rings. The van der Waals surface area contributed by atoms with E-state index < -0.39 is 5.82 Å². The van der Waals surface area contributed by atoms with Gasteiger partial charge in [0.15, 0.2) is 5.82 Å². The zero-order valence-corrected chi connectivity index (χ0v) is 9.58. The minimum atomic E-state index is -0.433. The number of anilines is 2. The highest BCUT2D eigenvalue weighted by Gasteiger charge is 2.02. The van der Waals surface area contributed by atoms with Gasteiger partial charge in [0.25, 0.3) is 0 Å². The van der Waals surface area contributed by atoms with E-state index in [0.29, 0.717) is 18.1 Å². The molecule has 6 heteroatoms. The van der Waals surface area contributed by atoms with Crippen molar-refractivity contribution in [3.63, 3.8) is 0 Å². The summed E-state index contributed by atoms with van der Waals surface area (Å²) in [5.74, 6) is 0.109. The van der Waals surface area contributed by atoms with Crippen LogP contribution in [0, 0.1) is 5.82 Å². The van der Waals surface area contributed by atoms with Crippen molar-refractivity contribution in [2.45, 2.75) is 6.54 Å². The van der Waals surface area contributed by atoms with Gasteiger partial charge < -0.3 is 11.1 Å². The molecule has 4 nitrogen and oxygen atoms in total. The van der Waals surface area contributed by atoms with Crippen molar-refractivity contribution in [2.24, 2.45) is 0 Å². The third-order valence-corrected chi connectivity index (χ3v) is 2.47. The van der Waals surface area contributed by atoms with Crippen LogP contribution >= 0.6 is 11.6 Å². The van der Waals surface area contributed by atoms with Crippen molar-refractivity contribution >= 4 is 23.1 Å².